The summed E-state index contributed by atoms with van der Waals surface area (Å²) >= 11 is 0. The van der Waals surface area contributed by atoms with Crippen LogP contribution in [0.3, 0.4) is 0 Å². The lowest BCUT2D eigenvalue weighted by atomic mass is 10.2. The maximum atomic E-state index is 5.14. The number of methoxy groups -OCH3 is 1. The standard InChI is InChI=1S/C17H21N7O/c1-25-17-7-4-5-13(20-17)9-18-14-10-19-23(11-14)12-16-22-21-15-6-2-3-8-24(15)16/h4-5,7,10-11,18H,2-3,6,8-9,12H2,1H3. The van der Waals surface area contributed by atoms with Crippen LogP contribution >= 0.6 is 0 Å². The molecule has 1 aliphatic heterocycles. The molecule has 0 saturated carbocycles. The maximum absolute atomic E-state index is 5.14. The van der Waals surface area contributed by atoms with E-state index >= 15 is 0 Å². The lowest BCUT2D eigenvalue weighted by molar-refractivity contribution is 0.396. The molecule has 0 spiro atoms. The van der Waals surface area contributed by atoms with Gasteiger partial charge in [-0.25, -0.2) is 4.98 Å². The Morgan fingerprint density at radius 3 is 3.12 bits per heavy atom. The Morgan fingerprint density at radius 1 is 1.24 bits per heavy atom. The first-order valence-electron chi connectivity index (χ1n) is 8.49. The van der Waals surface area contributed by atoms with Crippen LogP contribution in [-0.2, 0) is 26.1 Å². The van der Waals surface area contributed by atoms with Crippen molar-refractivity contribution in [2.75, 3.05) is 12.4 Å². The molecule has 0 atom stereocenters. The van der Waals surface area contributed by atoms with Crippen LogP contribution in [0, 0.1) is 0 Å². The van der Waals surface area contributed by atoms with Gasteiger partial charge in [0.2, 0.25) is 5.88 Å². The van der Waals surface area contributed by atoms with Gasteiger partial charge in [0.15, 0.2) is 5.82 Å². The normalized spacial score (nSPS) is 13.5. The number of nitrogens with zero attached hydrogens (tertiary/aromatic N) is 6. The molecule has 4 rings (SSSR count). The molecule has 0 saturated heterocycles. The molecule has 1 aliphatic rings. The van der Waals surface area contributed by atoms with Crippen molar-refractivity contribution in [1.82, 2.24) is 29.5 Å². The van der Waals surface area contributed by atoms with Crippen molar-refractivity contribution < 1.29 is 4.74 Å². The number of nitrogens with one attached hydrogen (secondary N) is 1. The molecule has 8 nitrogen and oxygen atoms in total. The highest BCUT2D eigenvalue weighted by Crippen LogP contribution is 2.16. The third-order valence-electron chi connectivity index (χ3n) is 4.34. The van der Waals surface area contributed by atoms with Crippen molar-refractivity contribution in [3.8, 4) is 5.88 Å². The Kier molecular flexibility index (Phi) is 4.32. The van der Waals surface area contributed by atoms with Crippen LogP contribution in [-0.4, -0.2) is 36.6 Å². The lowest BCUT2D eigenvalue weighted by Gasteiger charge is -2.14. The highest BCUT2D eigenvalue weighted by molar-refractivity contribution is 5.38. The Morgan fingerprint density at radius 2 is 2.20 bits per heavy atom. The number of hydrogen-bond donors (Lipinski definition) is 1. The first-order valence-corrected chi connectivity index (χ1v) is 8.49. The van der Waals surface area contributed by atoms with Crippen molar-refractivity contribution >= 4 is 5.69 Å². The van der Waals surface area contributed by atoms with Gasteiger partial charge >= 0.3 is 0 Å². The molecular weight excluding hydrogens is 318 g/mol. The number of ether oxygens (including phenoxy) is 1. The summed E-state index contributed by atoms with van der Waals surface area (Å²) in [7, 11) is 1.62. The number of hydrogen-bond acceptors (Lipinski definition) is 6. The largest absolute Gasteiger partial charge is 0.481 e. The van der Waals surface area contributed by atoms with Crippen LogP contribution in [0.2, 0.25) is 0 Å². The Balaban J connectivity index is 1.39. The fourth-order valence-electron chi connectivity index (χ4n) is 3.03. The number of fused-ring (bicyclic) bond motifs is 1. The number of rotatable bonds is 6. The fourth-order valence-corrected chi connectivity index (χ4v) is 3.03. The monoisotopic (exact) mass is 339 g/mol. The first-order chi connectivity index (χ1) is 12.3. The van der Waals surface area contributed by atoms with Crippen LogP contribution in [0.4, 0.5) is 5.69 Å². The van der Waals surface area contributed by atoms with Gasteiger partial charge in [0.1, 0.15) is 12.4 Å². The zero-order chi connectivity index (χ0) is 17.1. The summed E-state index contributed by atoms with van der Waals surface area (Å²) < 4.78 is 9.25. The third-order valence-corrected chi connectivity index (χ3v) is 4.34. The molecule has 0 aromatic carbocycles. The second kappa shape index (κ2) is 6.92. The minimum Gasteiger partial charge on any atom is -0.481 e. The van der Waals surface area contributed by atoms with Gasteiger partial charge in [0, 0.05) is 25.2 Å². The molecule has 0 fully saturated rings. The van der Waals surface area contributed by atoms with Crippen molar-refractivity contribution in [2.45, 2.75) is 38.9 Å². The first kappa shape index (κ1) is 15.6. The molecule has 1 N–H and O–H groups in total. The minimum absolute atomic E-state index is 0.614. The molecule has 0 aliphatic carbocycles. The molecule has 25 heavy (non-hydrogen) atoms. The van der Waals surface area contributed by atoms with Gasteiger partial charge in [0.05, 0.1) is 31.2 Å². The van der Waals surface area contributed by atoms with Crippen LogP contribution in [0.15, 0.2) is 30.6 Å². The van der Waals surface area contributed by atoms with E-state index in [1.807, 2.05) is 35.3 Å². The smallest absolute Gasteiger partial charge is 0.213 e. The molecule has 0 radical (unpaired) electrons. The zero-order valence-electron chi connectivity index (χ0n) is 14.2. The molecule has 0 bridgehead atoms. The van der Waals surface area contributed by atoms with Gasteiger partial charge in [-0.3, -0.25) is 4.68 Å². The number of aromatic nitrogens is 6. The zero-order valence-corrected chi connectivity index (χ0v) is 14.2. The topological polar surface area (TPSA) is 82.7 Å². The van der Waals surface area contributed by atoms with E-state index in [0.717, 1.165) is 36.0 Å². The number of anilines is 1. The highest BCUT2D eigenvalue weighted by Gasteiger charge is 2.16. The van der Waals surface area contributed by atoms with Crippen LogP contribution in [0.5, 0.6) is 5.88 Å². The van der Waals surface area contributed by atoms with Gasteiger partial charge in [-0.15, -0.1) is 10.2 Å². The second-order valence-corrected chi connectivity index (χ2v) is 6.09. The summed E-state index contributed by atoms with van der Waals surface area (Å²) in [5.41, 5.74) is 1.86. The summed E-state index contributed by atoms with van der Waals surface area (Å²) in [6.07, 6.45) is 7.20. The van der Waals surface area contributed by atoms with Gasteiger partial charge in [0.25, 0.3) is 0 Å². The van der Waals surface area contributed by atoms with E-state index in [2.05, 4.69) is 30.2 Å². The van der Waals surface area contributed by atoms with E-state index in [1.165, 1.54) is 12.8 Å². The van der Waals surface area contributed by atoms with Crippen molar-refractivity contribution in [2.24, 2.45) is 0 Å². The predicted octanol–water partition coefficient (Wildman–Crippen LogP) is 1.87. The molecule has 8 heteroatoms. The van der Waals surface area contributed by atoms with E-state index in [-0.39, 0.29) is 0 Å². The molecule has 130 valence electrons. The van der Waals surface area contributed by atoms with Gasteiger partial charge in [-0.1, -0.05) is 6.07 Å². The third kappa shape index (κ3) is 3.47. The van der Waals surface area contributed by atoms with E-state index in [9.17, 15) is 0 Å². The average molecular weight is 339 g/mol. The van der Waals surface area contributed by atoms with E-state index in [4.69, 9.17) is 4.74 Å². The minimum atomic E-state index is 0.614. The number of aryl methyl sites for hydroxylation is 1. The second-order valence-electron chi connectivity index (χ2n) is 6.09. The Labute approximate surface area is 145 Å². The fraction of sp³-hybridized carbons (Fsp3) is 0.412. The molecule has 4 heterocycles. The van der Waals surface area contributed by atoms with E-state index in [1.54, 1.807) is 7.11 Å². The summed E-state index contributed by atoms with van der Waals surface area (Å²) in [6.45, 7) is 2.25. The predicted molar refractivity (Wildman–Crippen MR) is 92.4 cm³/mol. The number of pyridine rings is 1. The SMILES string of the molecule is COc1cccc(CNc2cnn(Cc3nnc4n3CCCC4)c2)n1. The molecule has 3 aromatic heterocycles. The highest BCUT2D eigenvalue weighted by atomic mass is 16.5. The molecule has 0 amide bonds. The van der Waals surface area contributed by atoms with Crippen molar-refractivity contribution in [3.05, 3.63) is 47.9 Å². The van der Waals surface area contributed by atoms with E-state index < -0.39 is 0 Å². The van der Waals surface area contributed by atoms with Crippen LogP contribution < -0.4 is 10.1 Å². The molecule has 3 aromatic rings. The van der Waals surface area contributed by atoms with Crippen LogP contribution in [0.1, 0.15) is 30.2 Å². The summed E-state index contributed by atoms with van der Waals surface area (Å²) in [5, 5.41) is 16.4. The van der Waals surface area contributed by atoms with E-state index in [0.29, 0.717) is 19.0 Å². The maximum Gasteiger partial charge on any atom is 0.213 e. The van der Waals surface area contributed by atoms with Crippen LogP contribution in [0.25, 0.3) is 0 Å². The Bertz CT molecular complexity index is 854. The summed E-state index contributed by atoms with van der Waals surface area (Å²) in [4.78, 5) is 4.39. The van der Waals surface area contributed by atoms with Crippen molar-refractivity contribution in [1.29, 1.82) is 0 Å². The summed E-state index contributed by atoms with van der Waals surface area (Å²) in [5.74, 6) is 2.68. The quantitative estimate of drug-likeness (QED) is 0.738. The molecule has 0 unspecified atom stereocenters. The van der Waals surface area contributed by atoms with Gasteiger partial charge < -0.3 is 14.6 Å². The van der Waals surface area contributed by atoms with Gasteiger partial charge in [-0.2, -0.15) is 5.10 Å². The average Bonchev–Trinajstić information content (AvgIpc) is 3.28. The van der Waals surface area contributed by atoms with Crippen molar-refractivity contribution in [3.63, 3.8) is 0 Å². The Hall–Kier alpha value is -2.90. The molecular formula is C17H21N7O. The summed E-state index contributed by atoms with van der Waals surface area (Å²) in [6, 6.07) is 5.73. The lowest BCUT2D eigenvalue weighted by Crippen LogP contribution is -2.15. The van der Waals surface area contributed by atoms with Gasteiger partial charge in [-0.05, 0) is 18.9 Å².